The van der Waals surface area contributed by atoms with Gasteiger partial charge in [0.1, 0.15) is 5.82 Å². The maximum atomic E-state index is 12.8. The quantitative estimate of drug-likeness (QED) is 0.602. The van der Waals surface area contributed by atoms with E-state index in [4.69, 9.17) is 5.84 Å². The Balaban J connectivity index is 2.32. The SMILES string of the molecule is Cn1cc(C(NN)c2ccc(F)cc2)cn1. The maximum absolute atomic E-state index is 12.8. The lowest BCUT2D eigenvalue weighted by Gasteiger charge is -2.14. The summed E-state index contributed by atoms with van der Waals surface area (Å²) in [7, 11) is 1.84. The first-order chi connectivity index (χ1) is 7.70. The molecule has 0 aliphatic heterocycles. The van der Waals surface area contributed by atoms with Crippen molar-refractivity contribution in [1.82, 2.24) is 15.2 Å². The van der Waals surface area contributed by atoms with Gasteiger partial charge in [-0.25, -0.2) is 9.82 Å². The van der Waals surface area contributed by atoms with Gasteiger partial charge in [0.15, 0.2) is 0 Å². The molecule has 1 aromatic carbocycles. The van der Waals surface area contributed by atoms with E-state index in [2.05, 4.69) is 10.5 Å². The number of hydrazine groups is 1. The molecule has 1 unspecified atom stereocenters. The van der Waals surface area contributed by atoms with Gasteiger partial charge in [0.05, 0.1) is 12.2 Å². The maximum Gasteiger partial charge on any atom is 0.123 e. The van der Waals surface area contributed by atoms with Crippen molar-refractivity contribution in [3.63, 3.8) is 0 Å². The van der Waals surface area contributed by atoms with Crippen LogP contribution >= 0.6 is 0 Å². The molecular formula is C11H13FN4. The van der Waals surface area contributed by atoms with Gasteiger partial charge in [0.2, 0.25) is 0 Å². The van der Waals surface area contributed by atoms with Gasteiger partial charge in [0.25, 0.3) is 0 Å². The van der Waals surface area contributed by atoms with E-state index in [1.807, 2.05) is 13.2 Å². The highest BCUT2D eigenvalue weighted by Gasteiger charge is 2.13. The monoisotopic (exact) mass is 220 g/mol. The molecule has 1 aromatic heterocycles. The van der Waals surface area contributed by atoms with Crippen LogP contribution in [0.15, 0.2) is 36.7 Å². The fourth-order valence-corrected chi connectivity index (χ4v) is 1.63. The van der Waals surface area contributed by atoms with Crippen molar-refractivity contribution in [2.45, 2.75) is 6.04 Å². The third kappa shape index (κ3) is 2.10. The Labute approximate surface area is 92.9 Å². The highest BCUT2D eigenvalue weighted by molar-refractivity contribution is 5.29. The lowest BCUT2D eigenvalue weighted by Crippen LogP contribution is -2.28. The van der Waals surface area contributed by atoms with Crippen molar-refractivity contribution in [3.05, 3.63) is 53.6 Å². The third-order valence-corrected chi connectivity index (χ3v) is 2.43. The molecule has 1 atom stereocenters. The summed E-state index contributed by atoms with van der Waals surface area (Å²) >= 11 is 0. The Kier molecular flexibility index (Phi) is 2.98. The fraction of sp³-hybridized carbons (Fsp3) is 0.182. The van der Waals surface area contributed by atoms with Gasteiger partial charge in [-0.1, -0.05) is 12.1 Å². The first-order valence-electron chi connectivity index (χ1n) is 4.91. The Morgan fingerprint density at radius 1 is 1.31 bits per heavy atom. The average molecular weight is 220 g/mol. The topological polar surface area (TPSA) is 55.9 Å². The summed E-state index contributed by atoms with van der Waals surface area (Å²) in [6.45, 7) is 0. The second kappa shape index (κ2) is 4.42. The second-order valence-corrected chi connectivity index (χ2v) is 3.60. The standard InChI is InChI=1S/C11H13FN4/c1-16-7-9(6-14-16)11(15-13)8-2-4-10(12)5-3-8/h2-7,11,15H,13H2,1H3. The molecule has 0 aliphatic carbocycles. The zero-order valence-electron chi connectivity index (χ0n) is 8.89. The van der Waals surface area contributed by atoms with Crippen LogP contribution < -0.4 is 11.3 Å². The summed E-state index contributed by atoms with van der Waals surface area (Å²) in [5, 5.41) is 4.08. The minimum atomic E-state index is -0.259. The van der Waals surface area contributed by atoms with Crippen molar-refractivity contribution < 1.29 is 4.39 Å². The second-order valence-electron chi connectivity index (χ2n) is 3.60. The van der Waals surface area contributed by atoms with Crippen LogP contribution in [0.2, 0.25) is 0 Å². The van der Waals surface area contributed by atoms with Gasteiger partial charge < -0.3 is 0 Å². The zero-order valence-corrected chi connectivity index (χ0v) is 8.89. The molecule has 2 aromatic rings. The summed E-state index contributed by atoms with van der Waals surface area (Å²) in [6.07, 6.45) is 3.60. The summed E-state index contributed by atoms with van der Waals surface area (Å²) in [5.74, 6) is 5.24. The van der Waals surface area contributed by atoms with Gasteiger partial charge >= 0.3 is 0 Å². The van der Waals surface area contributed by atoms with Crippen LogP contribution in [0.4, 0.5) is 4.39 Å². The molecule has 0 bridgehead atoms. The van der Waals surface area contributed by atoms with Crippen molar-refractivity contribution >= 4 is 0 Å². The number of benzene rings is 1. The minimum absolute atomic E-state index is 0.172. The van der Waals surface area contributed by atoms with Crippen LogP contribution in [0, 0.1) is 5.82 Å². The lowest BCUT2D eigenvalue weighted by atomic mass is 10.0. The summed E-state index contributed by atoms with van der Waals surface area (Å²) in [6, 6.07) is 6.06. The molecular weight excluding hydrogens is 207 g/mol. The van der Waals surface area contributed by atoms with Crippen LogP contribution in [0.1, 0.15) is 17.2 Å². The number of nitrogens with two attached hydrogens (primary N) is 1. The third-order valence-electron chi connectivity index (χ3n) is 2.43. The first kappa shape index (κ1) is 10.8. The van der Waals surface area contributed by atoms with Crippen LogP contribution in [0.3, 0.4) is 0 Å². The fourth-order valence-electron chi connectivity index (χ4n) is 1.63. The minimum Gasteiger partial charge on any atom is -0.275 e. The summed E-state index contributed by atoms with van der Waals surface area (Å²) in [5.41, 5.74) is 4.53. The van der Waals surface area contributed by atoms with Gasteiger partial charge in [-0.15, -0.1) is 0 Å². The molecule has 0 saturated carbocycles. The van der Waals surface area contributed by atoms with Crippen LogP contribution in [0.5, 0.6) is 0 Å². The molecule has 0 spiro atoms. The number of aromatic nitrogens is 2. The first-order valence-corrected chi connectivity index (χ1v) is 4.91. The number of hydrogen-bond acceptors (Lipinski definition) is 3. The van der Waals surface area contributed by atoms with Gasteiger partial charge in [-0.05, 0) is 17.7 Å². The predicted molar refractivity (Wildman–Crippen MR) is 58.8 cm³/mol. The molecule has 0 amide bonds. The van der Waals surface area contributed by atoms with E-state index in [1.54, 1.807) is 23.0 Å². The van der Waals surface area contributed by atoms with E-state index < -0.39 is 0 Å². The van der Waals surface area contributed by atoms with Crippen LogP contribution in [0.25, 0.3) is 0 Å². The number of aryl methyl sites for hydroxylation is 1. The number of hydrogen-bond donors (Lipinski definition) is 2. The molecule has 4 nitrogen and oxygen atoms in total. The lowest BCUT2D eigenvalue weighted by molar-refractivity contribution is 0.615. The number of rotatable bonds is 3. The van der Waals surface area contributed by atoms with Gasteiger partial charge in [-0.3, -0.25) is 10.5 Å². The van der Waals surface area contributed by atoms with E-state index in [1.165, 1.54) is 12.1 Å². The smallest absolute Gasteiger partial charge is 0.123 e. The van der Waals surface area contributed by atoms with Crippen molar-refractivity contribution in [2.75, 3.05) is 0 Å². The molecule has 16 heavy (non-hydrogen) atoms. The van der Waals surface area contributed by atoms with Crippen molar-refractivity contribution in [1.29, 1.82) is 0 Å². The Morgan fingerprint density at radius 2 is 2.00 bits per heavy atom. The summed E-state index contributed by atoms with van der Waals surface area (Å²) in [4.78, 5) is 0. The largest absolute Gasteiger partial charge is 0.275 e. The molecule has 0 aliphatic rings. The molecule has 3 N–H and O–H groups in total. The van der Waals surface area contributed by atoms with Crippen molar-refractivity contribution in [2.24, 2.45) is 12.9 Å². The molecule has 0 saturated heterocycles. The molecule has 1 heterocycles. The van der Waals surface area contributed by atoms with E-state index in [9.17, 15) is 4.39 Å². The normalized spacial score (nSPS) is 12.7. The van der Waals surface area contributed by atoms with E-state index in [0.717, 1.165) is 11.1 Å². The highest BCUT2D eigenvalue weighted by atomic mass is 19.1. The number of halogens is 1. The Morgan fingerprint density at radius 3 is 2.50 bits per heavy atom. The zero-order chi connectivity index (χ0) is 11.5. The molecule has 84 valence electrons. The number of nitrogens with one attached hydrogen (secondary N) is 1. The molecule has 0 radical (unpaired) electrons. The summed E-state index contributed by atoms with van der Waals surface area (Å²) < 4.78 is 14.5. The van der Waals surface area contributed by atoms with E-state index in [-0.39, 0.29) is 11.9 Å². The Hall–Kier alpha value is -1.72. The Bertz CT molecular complexity index is 463. The average Bonchev–Trinajstić information content (AvgIpc) is 2.69. The predicted octanol–water partition coefficient (Wildman–Crippen LogP) is 1.11. The highest BCUT2D eigenvalue weighted by Crippen LogP contribution is 2.20. The molecule has 2 rings (SSSR count). The molecule has 5 heteroatoms. The number of nitrogens with zero attached hydrogens (tertiary/aromatic N) is 2. The molecule has 0 fully saturated rings. The van der Waals surface area contributed by atoms with E-state index >= 15 is 0 Å². The van der Waals surface area contributed by atoms with Crippen LogP contribution in [-0.4, -0.2) is 9.78 Å². The van der Waals surface area contributed by atoms with Crippen LogP contribution in [-0.2, 0) is 7.05 Å². The van der Waals surface area contributed by atoms with Crippen molar-refractivity contribution in [3.8, 4) is 0 Å². The van der Waals surface area contributed by atoms with Gasteiger partial charge in [-0.2, -0.15) is 5.10 Å². The van der Waals surface area contributed by atoms with E-state index in [0.29, 0.717) is 0 Å². The van der Waals surface area contributed by atoms with Gasteiger partial charge in [0, 0.05) is 18.8 Å².